The minimum atomic E-state index is -0.512. The molecule has 0 saturated carbocycles. The number of carbonyl (C=O) groups excluding carboxylic acids is 3. The first-order chi connectivity index (χ1) is 14.6. The molecular weight excluding hydrogens is 382 g/mol. The van der Waals surface area contributed by atoms with E-state index in [9.17, 15) is 14.4 Å². The van der Waals surface area contributed by atoms with Crippen molar-refractivity contribution >= 4 is 29.2 Å². The number of anilines is 2. The summed E-state index contributed by atoms with van der Waals surface area (Å²) in [6, 6.07) is 18.2. The number of para-hydroxylation sites is 1. The third-order valence-corrected chi connectivity index (χ3v) is 4.84. The van der Waals surface area contributed by atoms with Gasteiger partial charge in [-0.1, -0.05) is 30.3 Å². The average molecular weight is 405 g/mol. The van der Waals surface area contributed by atoms with Gasteiger partial charge in [0.1, 0.15) is 0 Å². The molecule has 7 heteroatoms. The molecule has 1 saturated heterocycles. The van der Waals surface area contributed by atoms with Crippen LogP contribution in [0.15, 0.2) is 54.6 Å². The molecule has 0 bridgehead atoms. The highest BCUT2D eigenvalue weighted by molar-refractivity contribution is 5.96. The zero-order valence-electron chi connectivity index (χ0n) is 16.6. The van der Waals surface area contributed by atoms with E-state index in [-0.39, 0.29) is 37.8 Å². The van der Waals surface area contributed by atoms with Gasteiger partial charge in [-0.2, -0.15) is 5.26 Å². The van der Waals surface area contributed by atoms with E-state index in [1.807, 2.05) is 24.3 Å². The molecule has 2 aromatic carbocycles. The highest BCUT2D eigenvalue weighted by Crippen LogP contribution is 2.22. The third-order valence-electron chi connectivity index (χ3n) is 4.84. The Morgan fingerprint density at radius 2 is 1.83 bits per heavy atom. The molecule has 30 heavy (non-hydrogen) atoms. The normalized spacial score (nSPS) is 13.0. The van der Waals surface area contributed by atoms with E-state index in [1.54, 1.807) is 41.3 Å². The highest BCUT2D eigenvalue weighted by atomic mass is 16.5. The van der Waals surface area contributed by atoms with Crippen LogP contribution in [0.3, 0.4) is 0 Å². The molecule has 3 rings (SSSR count). The predicted molar refractivity (Wildman–Crippen MR) is 112 cm³/mol. The number of benzene rings is 2. The first-order valence-electron chi connectivity index (χ1n) is 9.86. The quantitative estimate of drug-likeness (QED) is 0.630. The molecule has 1 heterocycles. The first kappa shape index (κ1) is 21.1. The van der Waals surface area contributed by atoms with Gasteiger partial charge >= 0.3 is 5.97 Å². The van der Waals surface area contributed by atoms with Gasteiger partial charge < -0.3 is 14.5 Å². The molecular formula is C23H23N3O4. The third kappa shape index (κ3) is 5.45. The Morgan fingerprint density at radius 1 is 1.10 bits per heavy atom. The van der Waals surface area contributed by atoms with E-state index in [1.165, 1.54) is 4.90 Å². The van der Waals surface area contributed by atoms with Crippen LogP contribution in [0.2, 0.25) is 0 Å². The summed E-state index contributed by atoms with van der Waals surface area (Å²) in [5.74, 6) is -0.783. The minimum absolute atomic E-state index is 0.0328. The van der Waals surface area contributed by atoms with Crippen LogP contribution in [0.25, 0.3) is 0 Å². The van der Waals surface area contributed by atoms with Crippen LogP contribution < -0.4 is 9.80 Å². The summed E-state index contributed by atoms with van der Waals surface area (Å²) in [5.41, 5.74) is 2.22. The molecule has 2 amide bonds. The van der Waals surface area contributed by atoms with Crippen LogP contribution in [-0.2, 0) is 25.5 Å². The van der Waals surface area contributed by atoms with Gasteiger partial charge in [-0.3, -0.25) is 14.4 Å². The van der Waals surface area contributed by atoms with E-state index in [0.717, 1.165) is 17.7 Å². The van der Waals surface area contributed by atoms with Crippen LogP contribution in [0.5, 0.6) is 0 Å². The summed E-state index contributed by atoms with van der Waals surface area (Å²) < 4.78 is 5.16. The number of amides is 2. The van der Waals surface area contributed by atoms with Crippen molar-refractivity contribution in [2.45, 2.75) is 25.7 Å². The Kier molecular flexibility index (Phi) is 7.17. The number of esters is 1. The van der Waals surface area contributed by atoms with Crippen LogP contribution >= 0.6 is 0 Å². The lowest BCUT2D eigenvalue weighted by atomic mass is 10.1. The number of rotatable bonds is 8. The van der Waals surface area contributed by atoms with Crippen LogP contribution in [0, 0.1) is 11.3 Å². The fraction of sp³-hybridized carbons (Fsp3) is 0.304. The Bertz CT molecular complexity index is 935. The molecule has 154 valence electrons. The summed E-state index contributed by atoms with van der Waals surface area (Å²) in [6.45, 7) is 0.555. The van der Waals surface area contributed by atoms with Gasteiger partial charge in [-0.25, -0.2) is 0 Å². The SMILES string of the molecule is N#CCCN(C(=O)COC(=O)Cc1ccc(N2CCCC2=O)cc1)c1ccccc1. The number of carbonyl (C=O) groups is 3. The van der Waals surface area contributed by atoms with Gasteiger partial charge in [0.15, 0.2) is 6.61 Å². The second-order valence-electron chi connectivity index (χ2n) is 6.94. The van der Waals surface area contributed by atoms with Crippen molar-refractivity contribution in [1.82, 2.24) is 0 Å². The lowest BCUT2D eigenvalue weighted by Gasteiger charge is -2.21. The average Bonchev–Trinajstić information content (AvgIpc) is 3.20. The summed E-state index contributed by atoms with van der Waals surface area (Å²) in [4.78, 5) is 39.7. The first-order valence-corrected chi connectivity index (χ1v) is 9.86. The molecule has 0 unspecified atom stereocenters. The molecule has 2 aromatic rings. The van der Waals surface area contributed by atoms with Gasteiger partial charge in [0, 0.05) is 30.9 Å². The Labute approximate surface area is 175 Å². The van der Waals surface area contributed by atoms with Crippen molar-refractivity contribution in [3.8, 4) is 6.07 Å². The van der Waals surface area contributed by atoms with E-state index >= 15 is 0 Å². The molecule has 0 radical (unpaired) electrons. The molecule has 0 aromatic heterocycles. The summed E-state index contributed by atoms with van der Waals surface area (Å²) in [7, 11) is 0. The fourth-order valence-electron chi connectivity index (χ4n) is 3.32. The van der Waals surface area contributed by atoms with E-state index in [2.05, 4.69) is 0 Å². The van der Waals surface area contributed by atoms with Crippen molar-refractivity contribution in [3.05, 3.63) is 60.2 Å². The standard InChI is InChI=1S/C23H23N3O4/c24-13-5-15-26(19-6-2-1-3-7-19)22(28)17-30-23(29)16-18-9-11-20(12-10-18)25-14-4-8-21(25)27/h1-3,6-7,9-12H,4-5,8,14-17H2. The summed E-state index contributed by atoms with van der Waals surface area (Å²) in [6.07, 6.45) is 1.64. The van der Waals surface area contributed by atoms with Crippen LogP contribution in [0.1, 0.15) is 24.8 Å². The van der Waals surface area contributed by atoms with Crippen molar-refractivity contribution in [3.63, 3.8) is 0 Å². The predicted octanol–water partition coefficient (Wildman–Crippen LogP) is 2.85. The van der Waals surface area contributed by atoms with Crippen LogP contribution in [0.4, 0.5) is 11.4 Å². The Hall–Kier alpha value is -3.66. The van der Waals surface area contributed by atoms with E-state index in [4.69, 9.17) is 10.00 Å². The highest BCUT2D eigenvalue weighted by Gasteiger charge is 2.21. The molecule has 0 atom stereocenters. The van der Waals surface area contributed by atoms with Crippen molar-refractivity contribution in [2.75, 3.05) is 29.5 Å². The second-order valence-corrected chi connectivity index (χ2v) is 6.94. The van der Waals surface area contributed by atoms with Gasteiger partial charge in [-0.15, -0.1) is 0 Å². The number of ether oxygens (including phenoxy) is 1. The molecule has 1 aliphatic heterocycles. The smallest absolute Gasteiger partial charge is 0.310 e. The maximum Gasteiger partial charge on any atom is 0.310 e. The number of nitriles is 1. The van der Waals surface area contributed by atoms with Gasteiger partial charge in [0.25, 0.3) is 5.91 Å². The lowest BCUT2D eigenvalue weighted by molar-refractivity contribution is -0.147. The maximum absolute atomic E-state index is 12.5. The molecule has 7 nitrogen and oxygen atoms in total. The fourth-order valence-corrected chi connectivity index (χ4v) is 3.32. The molecule has 0 aliphatic carbocycles. The number of hydrogen-bond donors (Lipinski definition) is 0. The monoisotopic (exact) mass is 405 g/mol. The topological polar surface area (TPSA) is 90.7 Å². The van der Waals surface area contributed by atoms with Crippen LogP contribution in [-0.4, -0.2) is 37.5 Å². The van der Waals surface area contributed by atoms with Crippen molar-refractivity contribution < 1.29 is 19.1 Å². The summed E-state index contributed by atoms with van der Waals surface area (Å²) >= 11 is 0. The Morgan fingerprint density at radius 3 is 2.47 bits per heavy atom. The second kappa shape index (κ2) is 10.2. The minimum Gasteiger partial charge on any atom is -0.455 e. The summed E-state index contributed by atoms with van der Waals surface area (Å²) in [5, 5.41) is 8.83. The number of nitrogens with zero attached hydrogens (tertiary/aromatic N) is 3. The van der Waals surface area contributed by atoms with Crippen molar-refractivity contribution in [1.29, 1.82) is 5.26 Å². The van der Waals surface area contributed by atoms with E-state index in [0.29, 0.717) is 18.7 Å². The maximum atomic E-state index is 12.5. The number of hydrogen-bond acceptors (Lipinski definition) is 5. The van der Waals surface area contributed by atoms with E-state index < -0.39 is 5.97 Å². The largest absolute Gasteiger partial charge is 0.455 e. The van der Waals surface area contributed by atoms with Gasteiger partial charge in [-0.05, 0) is 36.2 Å². The molecule has 0 N–H and O–H groups in total. The molecule has 1 fully saturated rings. The lowest BCUT2D eigenvalue weighted by Crippen LogP contribution is -2.35. The van der Waals surface area contributed by atoms with Gasteiger partial charge in [0.2, 0.25) is 5.91 Å². The van der Waals surface area contributed by atoms with Crippen molar-refractivity contribution in [2.24, 2.45) is 0 Å². The zero-order chi connectivity index (χ0) is 21.3. The Balaban J connectivity index is 1.53. The molecule has 1 aliphatic rings. The zero-order valence-corrected chi connectivity index (χ0v) is 16.6. The van der Waals surface area contributed by atoms with Gasteiger partial charge in [0.05, 0.1) is 18.9 Å². The molecule has 0 spiro atoms.